The Bertz CT molecular complexity index is 540. The number of hydrogen-bond acceptors (Lipinski definition) is 3. The van der Waals surface area contributed by atoms with Gasteiger partial charge in [-0.15, -0.1) is 0 Å². The van der Waals surface area contributed by atoms with Gasteiger partial charge in [0.15, 0.2) is 0 Å². The molecular weight excluding hydrogens is 254 g/mol. The molecule has 2 unspecified atom stereocenters. The summed E-state index contributed by atoms with van der Waals surface area (Å²) in [7, 11) is 0. The normalized spacial score (nSPS) is 25.9. The summed E-state index contributed by atoms with van der Waals surface area (Å²) in [5.74, 6) is 1.12. The first kappa shape index (κ1) is 13.2. The maximum absolute atomic E-state index is 12.5. The van der Waals surface area contributed by atoms with E-state index in [9.17, 15) is 9.59 Å². The number of benzene rings is 1. The Kier molecular flexibility index (Phi) is 3.47. The van der Waals surface area contributed by atoms with Crippen LogP contribution in [0.1, 0.15) is 18.9 Å². The fraction of sp³-hybridized carbons (Fsp3) is 0.500. The summed E-state index contributed by atoms with van der Waals surface area (Å²) in [6.45, 7) is 3.44. The van der Waals surface area contributed by atoms with Crippen molar-refractivity contribution in [3.63, 3.8) is 0 Å². The van der Waals surface area contributed by atoms with Crippen LogP contribution in [0.4, 0.5) is 0 Å². The molecule has 0 N–H and O–H groups in total. The molecule has 1 fully saturated rings. The topological polar surface area (TPSA) is 46.6 Å². The van der Waals surface area contributed by atoms with Crippen molar-refractivity contribution < 1.29 is 14.3 Å². The summed E-state index contributed by atoms with van der Waals surface area (Å²) in [6, 6.07) is 7.87. The largest absolute Gasteiger partial charge is 0.492 e. The maximum atomic E-state index is 12.5. The Morgan fingerprint density at radius 2 is 2.15 bits per heavy atom. The van der Waals surface area contributed by atoms with E-state index >= 15 is 0 Å². The van der Waals surface area contributed by atoms with Crippen LogP contribution >= 0.6 is 0 Å². The molecule has 0 aliphatic carbocycles. The van der Waals surface area contributed by atoms with E-state index in [1.54, 1.807) is 0 Å². The van der Waals surface area contributed by atoms with Gasteiger partial charge in [-0.1, -0.05) is 25.1 Å². The van der Waals surface area contributed by atoms with Crippen LogP contribution in [0, 0.1) is 11.8 Å². The molecule has 106 valence electrons. The Morgan fingerprint density at radius 3 is 2.95 bits per heavy atom. The molecule has 3 rings (SSSR count). The van der Waals surface area contributed by atoms with Crippen molar-refractivity contribution in [1.29, 1.82) is 0 Å². The van der Waals surface area contributed by atoms with Crippen molar-refractivity contribution in [3.05, 3.63) is 29.8 Å². The van der Waals surface area contributed by atoms with Crippen LogP contribution in [-0.2, 0) is 16.0 Å². The minimum Gasteiger partial charge on any atom is -0.492 e. The van der Waals surface area contributed by atoms with Crippen molar-refractivity contribution in [2.24, 2.45) is 11.8 Å². The van der Waals surface area contributed by atoms with E-state index in [0.29, 0.717) is 26.1 Å². The highest BCUT2D eigenvalue weighted by molar-refractivity contribution is 5.86. The van der Waals surface area contributed by atoms with Gasteiger partial charge < -0.3 is 9.64 Å². The van der Waals surface area contributed by atoms with E-state index in [1.807, 2.05) is 36.1 Å². The van der Waals surface area contributed by atoms with Gasteiger partial charge in [0.25, 0.3) is 0 Å². The van der Waals surface area contributed by atoms with E-state index in [0.717, 1.165) is 17.7 Å². The second-order valence-corrected chi connectivity index (χ2v) is 5.72. The van der Waals surface area contributed by atoms with Crippen LogP contribution in [0.2, 0.25) is 0 Å². The molecule has 2 aliphatic heterocycles. The molecule has 0 bridgehead atoms. The van der Waals surface area contributed by atoms with Crippen molar-refractivity contribution in [2.45, 2.75) is 19.8 Å². The van der Waals surface area contributed by atoms with Crippen molar-refractivity contribution in [1.82, 2.24) is 4.90 Å². The second kappa shape index (κ2) is 5.27. The molecule has 0 radical (unpaired) electrons. The van der Waals surface area contributed by atoms with Gasteiger partial charge in [0.1, 0.15) is 18.1 Å². The molecule has 0 aromatic heterocycles. The van der Waals surface area contributed by atoms with Crippen LogP contribution in [0.5, 0.6) is 5.75 Å². The van der Waals surface area contributed by atoms with E-state index in [1.165, 1.54) is 0 Å². The number of Topliss-reactive ketones (excluding diaryl/α,β-unsaturated/α-hetero) is 1. The second-order valence-electron chi connectivity index (χ2n) is 5.72. The minimum absolute atomic E-state index is 0.0375. The molecule has 1 saturated heterocycles. The summed E-state index contributed by atoms with van der Waals surface area (Å²) in [5.41, 5.74) is 1.10. The first-order chi connectivity index (χ1) is 9.65. The van der Waals surface area contributed by atoms with Gasteiger partial charge in [0, 0.05) is 25.4 Å². The number of piperidine rings is 1. The lowest BCUT2D eigenvalue weighted by atomic mass is 9.93. The van der Waals surface area contributed by atoms with Gasteiger partial charge in [0.05, 0.1) is 5.92 Å². The van der Waals surface area contributed by atoms with Gasteiger partial charge in [-0.2, -0.15) is 0 Å². The number of likely N-dealkylation sites (tertiary alicyclic amines) is 1. The number of carbonyl (C=O) groups excluding carboxylic acids is 2. The number of ketones is 1. The first-order valence-corrected chi connectivity index (χ1v) is 7.17. The Morgan fingerprint density at radius 1 is 1.35 bits per heavy atom. The minimum atomic E-state index is -0.120. The molecule has 0 spiro atoms. The molecule has 4 nitrogen and oxygen atoms in total. The van der Waals surface area contributed by atoms with Crippen molar-refractivity contribution in [2.75, 3.05) is 19.7 Å². The standard InChI is InChI=1S/C16H19NO3/c1-11-9-17(7-6-14(11)18)16(19)13-8-12-4-2-3-5-15(12)20-10-13/h2-5,11,13H,6-10H2,1H3. The zero-order valence-corrected chi connectivity index (χ0v) is 11.7. The molecule has 20 heavy (non-hydrogen) atoms. The number of amides is 1. The number of ether oxygens (including phenoxy) is 1. The third kappa shape index (κ3) is 2.42. The predicted molar refractivity (Wildman–Crippen MR) is 74.5 cm³/mol. The average Bonchev–Trinajstić information content (AvgIpc) is 2.49. The van der Waals surface area contributed by atoms with Crippen LogP contribution in [0.3, 0.4) is 0 Å². The predicted octanol–water partition coefficient (Wildman–Crippen LogP) is 1.68. The first-order valence-electron chi connectivity index (χ1n) is 7.17. The van der Waals surface area contributed by atoms with Gasteiger partial charge in [-0.05, 0) is 18.1 Å². The fourth-order valence-electron chi connectivity index (χ4n) is 2.96. The lowest BCUT2D eigenvalue weighted by Crippen LogP contribution is -2.47. The molecule has 1 amide bonds. The smallest absolute Gasteiger partial charge is 0.229 e. The lowest BCUT2D eigenvalue weighted by Gasteiger charge is -2.34. The zero-order chi connectivity index (χ0) is 14.1. The molecule has 2 aliphatic rings. The van der Waals surface area contributed by atoms with Crippen LogP contribution < -0.4 is 4.74 Å². The molecular formula is C16H19NO3. The van der Waals surface area contributed by atoms with Crippen molar-refractivity contribution >= 4 is 11.7 Å². The summed E-state index contributed by atoms with van der Waals surface area (Å²) in [6.07, 6.45) is 1.21. The van der Waals surface area contributed by atoms with Gasteiger partial charge >= 0.3 is 0 Å². The third-order valence-electron chi connectivity index (χ3n) is 4.21. The monoisotopic (exact) mass is 273 g/mol. The van der Waals surface area contributed by atoms with Gasteiger partial charge in [0.2, 0.25) is 5.91 Å². The van der Waals surface area contributed by atoms with Crippen LogP contribution in [0.25, 0.3) is 0 Å². The molecule has 0 saturated carbocycles. The number of fused-ring (bicyclic) bond motifs is 1. The highest BCUT2D eigenvalue weighted by Gasteiger charge is 2.33. The van der Waals surface area contributed by atoms with Gasteiger partial charge in [-0.25, -0.2) is 0 Å². The molecule has 1 aromatic rings. The number of hydrogen-bond donors (Lipinski definition) is 0. The van der Waals surface area contributed by atoms with Gasteiger partial charge in [-0.3, -0.25) is 9.59 Å². The van der Waals surface area contributed by atoms with Crippen LogP contribution in [-0.4, -0.2) is 36.3 Å². The molecule has 4 heteroatoms. The zero-order valence-electron chi connectivity index (χ0n) is 11.7. The maximum Gasteiger partial charge on any atom is 0.229 e. The Labute approximate surface area is 118 Å². The van der Waals surface area contributed by atoms with Crippen LogP contribution in [0.15, 0.2) is 24.3 Å². The fourth-order valence-corrected chi connectivity index (χ4v) is 2.96. The summed E-state index contributed by atoms with van der Waals surface area (Å²) in [5, 5.41) is 0. The summed E-state index contributed by atoms with van der Waals surface area (Å²) < 4.78 is 5.68. The Balaban J connectivity index is 1.69. The van der Waals surface area contributed by atoms with E-state index in [-0.39, 0.29) is 23.5 Å². The summed E-state index contributed by atoms with van der Waals surface area (Å²) >= 11 is 0. The quantitative estimate of drug-likeness (QED) is 0.782. The molecule has 1 aromatic carbocycles. The SMILES string of the molecule is CC1CN(C(=O)C2COc3ccccc3C2)CCC1=O. The number of nitrogens with zero attached hydrogens (tertiary/aromatic N) is 1. The van der Waals surface area contributed by atoms with E-state index in [2.05, 4.69) is 0 Å². The lowest BCUT2D eigenvalue weighted by molar-refractivity contribution is -0.141. The Hall–Kier alpha value is -1.84. The van der Waals surface area contributed by atoms with E-state index < -0.39 is 0 Å². The molecule has 2 atom stereocenters. The average molecular weight is 273 g/mol. The molecule has 2 heterocycles. The number of para-hydroxylation sites is 1. The number of carbonyl (C=O) groups is 2. The number of rotatable bonds is 1. The highest BCUT2D eigenvalue weighted by atomic mass is 16.5. The summed E-state index contributed by atoms with van der Waals surface area (Å²) in [4.78, 5) is 25.9. The third-order valence-corrected chi connectivity index (χ3v) is 4.21. The van der Waals surface area contributed by atoms with E-state index in [4.69, 9.17) is 4.74 Å². The van der Waals surface area contributed by atoms with Crippen molar-refractivity contribution in [3.8, 4) is 5.75 Å². The highest BCUT2D eigenvalue weighted by Crippen LogP contribution is 2.28.